The molecule has 0 saturated carbocycles. The first-order chi connectivity index (χ1) is 19.1. The van der Waals surface area contributed by atoms with Gasteiger partial charge in [-0.25, -0.2) is 4.68 Å². The molecular weight excluding hydrogens is 508 g/mol. The second-order valence-electron chi connectivity index (χ2n) is 10.7. The Morgan fingerprint density at radius 3 is 2.45 bits per heavy atom. The van der Waals surface area contributed by atoms with Crippen molar-refractivity contribution >= 4 is 28.4 Å². The lowest BCUT2D eigenvalue weighted by atomic mass is 9.82. The van der Waals surface area contributed by atoms with Gasteiger partial charge in [0, 0.05) is 36.5 Å². The quantitative estimate of drug-likeness (QED) is 0.364. The van der Waals surface area contributed by atoms with Gasteiger partial charge in [-0.1, -0.05) is 35.5 Å². The predicted octanol–water partition coefficient (Wildman–Crippen LogP) is 3.93. The number of hydrogen-bond donors (Lipinski definition) is 1. The van der Waals surface area contributed by atoms with Crippen molar-refractivity contribution in [2.24, 2.45) is 12.5 Å². The molecule has 0 radical (unpaired) electrons. The van der Waals surface area contributed by atoms with Crippen LogP contribution in [0.2, 0.25) is 0 Å². The summed E-state index contributed by atoms with van der Waals surface area (Å²) in [6.45, 7) is 5.42. The molecule has 1 N–H and O–H groups in total. The zero-order chi connectivity index (χ0) is 28.2. The summed E-state index contributed by atoms with van der Waals surface area (Å²) < 4.78 is 8.36. The molecule has 2 amide bonds. The average molecular weight is 537 g/mol. The SMILES string of the molecule is Cc1cc(C(=O)N[C@H]2[C@H](c3ccccc3)N(c3ccc4c(cnn4-c4ccc(=O)n(C)c4)c3)C(=O)C2(C)C)no1. The van der Waals surface area contributed by atoms with E-state index in [-0.39, 0.29) is 17.2 Å². The summed E-state index contributed by atoms with van der Waals surface area (Å²) in [5, 5.41) is 12.3. The van der Waals surface area contributed by atoms with E-state index in [1.54, 1.807) is 48.1 Å². The minimum atomic E-state index is -0.928. The number of benzene rings is 2. The molecule has 6 rings (SSSR count). The molecule has 2 atom stereocenters. The van der Waals surface area contributed by atoms with Crippen molar-refractivity contribution in [3.63, 3.8) is 0 Å². The highest BCUT2D eigenvalue weighted by Gasteiger charge is 2.55. The lowest BCUT2D eigenvalue weighted by Gasteiger charge is -2.30. The average Bonchev–Trinajstić information content (AvgIpc) is 3.62. The van der Waals surface area contributed by atoms with E-state index in [9.17, 15) is 14.4 Å². The molecule has 0 spiro atoms. The van der Waals surface area contributed by atoms with Gasteiger partial charge in [0.2, 0.25) is 11.5 Å². The Hall–Kier alpha value is -4.99. The first-order valence-electron chi connectivity index (χ1n) is 12.9. The Balaban J connectivity index is 1.43. The summed E-state index contributed by atoms with van der Waals surface area (Å²) in [4.78, 5) is 40.9. The molecule has 1 fully saturated rings. The summed E-state index contributed by atoms with van der Waals surface area (Å²) >= 11 is 0. The molecule has 2 aromatic carbocycles. The van der Waals surface area contributed by atoms with Gasteiger partial charge >= 0.3 is 0 Å². The van der Waals surface area contributed by atoms with Gasteiger partial charge in [0.05, 0.1) is 34.9 Å². The molecule has 1 aliphatic heterocycles. The normalized spacial score (nSPS) is 18.4. The molecule has 0 aliphatic carbocycles. The third kappa shape index (κ3) is 4.08. The maximum absolute atomic E-state index is 14.1. The van der Waals surface area contributed by atoms with E-state index in [2.05, 4.69) is 15.6 Å². The van der Waals surface area contributed by atoms with Crippen LogP contribution in [-0.4, -0.2) is 37.4 Å². The number of fused-ring (bicyclic) bond motifs is 1. The van der Waals surface area contributed by atoms with Crippen LogP contribution in [0.4, 0.5) is 5.69 Å². The number of anilines is 1. The third-order valence-corrected chi connectivity index (χ3v) is 7.57. The van der Waals surface area contributed by atoms with Crippen molar-refractivity contribution in [3.05, 3.63) is 106 Å². The van der Waals surface area contributed by atoms with Gasteiger partial charge in [-0.05, 0) is 50.6 Å². The van der Waals surface area contributed by atoms with Gasteiger partial charge in [0.1, 0.15) is 5.76 Å². The summed E-state index contributed by atoms with van der Waals surface area (Å²) in [6.07, 6.45) is 3.46. The highest BCUT2D eigenvalue weighted by atomic mass is 16.5. The molecule has 202 valence electrons. The largest absolute Gasteiger partial charge is 0.361 e. The number of rotatable bonds is 5. The van der Waals surface area contributed by atoms with E-state index in [0.29, 0.717) is 11.4 Å². The number of nitrogens with one attached hydrogen (secondary N) is 1. The molecule has 10 nitrogen and oxygen atoms in total. The minimum absolute atomic E-state index is 0.107. The zero-order valence-corrected chi connectivity index (χ0v) is 22.5. The summed E-state index contributed by atoms with van der Waals surface area (Å²) in [6, 6.07) is 19.2. The van der Waals surface area contributed by atoms with Crippen molar-refractivity contribution in [2.75, 3.05) is 4.90 Å². The fourth-order valence-corrected chi connectivity index (χ4v) is 5.41. The second-order valence-corrected chi connectivity index (χ2v) is 10.7. The van der Waals surface area contributed by atoms with Gasteiger partial charge in [-0.3, -0.25) is 14.4 Å². The van der Waals surface area contributed by atoms with Gasteiger partial charge in [-0.15, -0.1) is 0 Å². The Morgan fingerprint density at radius 2 is 1.75 bits per heavy atom. The maximum Gasteiger partial charge on any atom is 0.273 e. The first kappa shape index (κ1) is 25.3. The first-order valence-corrected chi connectivity index (χ1v) is 12.9. The summed E-state index contributed by atoms with van der Waals surface area (Å²) in [5.41, 5.74) is 2.29. The van der Waals surface area contributed by atoms with Gasteiger partial charge < -0.3 is 19.3 Å². The second kappa shape index (κ2) is 9.33. The van der Waals surface area contributed by atoms with Crippen LogP contribution in [0.3, 0.4) is 0 Å². The van der Waals surface area contributed by atoms with Crippen LogP contribution in [0.5, 0.6) is 0 Å². The van der Waals surface area contributed by atoms with Crippen LogP contribution in [0.25, 0.3) is 16.6 Å². The molecule has 1 saturated heterocycles. The highest BCUT2D eigenvalue weighted by Crippen LogP contribution is 2.47. The predicted molar refractivity (Wildman–Crippen MR) is 149 cm³/mol. The number of carbonyl (C=O) groups is 2. The number of aromatic nitrogens is 4. The van der Waals surface area contributed by atoms with Crippen LogP contribution in [-0.2, 0) is 11.8 Å². The molecule has 4 heterocycles. The standard InChI is InChI=1S/C30H28N6O4/c1-18-14-23(33-40-18)28(38)32-27-26(19-8-6-5-7-9-19)35(29(39)30(27,2)3)21-10-12-24-20(15-21)16-31-36(24)22-11-13-25(37)34(4)17-22/h5-17,26-27H,1-4H3,(H,32,38)/t26-,27-/m0/s1. The van der Waals surface area contributed by atoms with E-state index < -0.39 is 23.4 Å². The molecule has 0 bridgehead atoms. The Bertz CT molecular complexity index is 1820. The van der Waals surface area contributed by atoms with E-state index in [1.165, 1.54) is 10.6 Å². The zero-order valence-electron chi connectivity index (χ0n) is 22.5. The van der Waals surface area contributed by atoms with Crippen molar-refractivity contribution < 1.29 is 14.1 Å². The van der Waals surface area contributed by atoms with Crippen LogP contribution in [0.15, 0.2) is 88.4 Å². The third-order valence-electron chi connectivity index (χ3n) is 7.57. The number of hydrogen-bond acceptors (Lipinski definition) is 6. The maximum atomic E-state index is 14.1. The van der Waals surface area contributed by atoms with E-state index >= 15 is 0 Å². The smallest absolute Gasteiger partial charge is 0.273 e. The van der Waals surface area contributed by atoms with Crippen molar-refractivity contribution in [2.45, 2.75) is 32.9 Å². The van der Waals surface area contributed by atoms with Crippen LogP contribution in [0.1, 0.15) is 41.7 Å². The fraction of sp³-hybridized carbons (Fsp3) is 0.233. The monoisotopic (exact) mass is 536 g/mol. The molecule has 3 aromatic heterocycles. The van der Waals surface area contributed by atoms with Crippen molar-refractivity contribution in [3.8, 4) is 5.69 Å². The fourth-order valence-electron chi connectivity index (χ4n) is 5.41. The summed E-state index contributed by atoms with van der Waals surface area (Å²) in [5.74, 6) is 0.00648. The van der Waals surface area contributed by atoms with Gasteiger partial charge in [0.15, 0.2) is 5.69 Å². The van der Waals surface area contributed by atoms with E-state index in [1.807, 2.05) is 62.4 Å². The van der Waals surface area contributed by atoms with Crippen molar-refractivity contribution in [1.29, 1.82) is 0 Å². The number of aryl methyl sites for hydroxylation is 2. The number of nitrogens with zero attached hydrogens (tertiary/aromatic N) is 5. The molecule has 10 heteroatoms. The Morgan fingerprint density at radius 1 is 1.00 bits per heavy atom. The highest BCUT2D eigenvalue weighted by molar-refractivity contribution is 6.04. The lowest BCUT2D eigenvalue weighted by molar-refractivity contribution is -0.124. The number of carbonyl (C=O) groups excluding carboxylic acids is 2. The van der Waals surface area contributed by atoms with Gasteiger partial charge in [0.25, 0.3) is 5.91 Å². The molecule has 5 aromatic rings. The van der Waals surface area contributed by atoms with E-state index in [0.717, 1.165) is 22.2 Å². The topological polar surface area (TPSA) is 115 Å². The van der Waals surface area contributed by atoms with Gasteiger partial charge in [-0.2, -0.15) is 5.10 Å². The van der Waals surface area contributed by atoms with E-state index in [4.69, 9.17) is 4.52 Å². The molecular formula is C30H28N6O4. The molecule has 40 heavy (non-hydrogen) atoms. The number of amides is 2. The minimum Gasteiger partial charge on any atom is -0.361 e. The lowest BCUT2D eigenvalue weighted by Crippen LogP contribution is -2.46. The Labute approximate surface area is 229 Å². The summed E-state index contributed by atoms with van der Waals surface area (Å²) in [7, 11) is 1.69. The van der Waals surface area contributed by atoms with Crippen LogP contribution in [0, 0.1) is 12.3 Å². The van der Waals surface area contributed by atoms with Crippen molar-refractivity contribution in [1.82, 2.24) is 24.8 Å². The molecule has 0 unspecified atom stereocenters. The number of pyridine rings is 1. The Kier molecular flexibility index (Phi) is 5.90. The molecule has 1 aliphatic rings. The van der Waals surface area contributed by atoms with Crippen LogP contribution < -0.4 is 15.8 Å². The van der Waals surface area contributed by atoms with Crippen LogP contribution >= 0.6 is 0 Å².